The predicted octanol–water partition coefficient (Wildman–Crippen LogP) is 3.96. The van der Waals surface area contributed by atoms with Crippen LogP contribution in [0.25, 0.3) is 0 Å². The van der Waals surface area contributed by atoms with E-state index in [9.17, 15) is 0 Å². The molecule has 0 saturated carbocycles. The van der Waals surface area contributed by atoms with Crippen LogP contribution >= 0.6 is 23.8 Å². The van der Waals surface area contributed by atoms with Gasteiger partial charge in [0.15, 0.2) is 5.11 Å². The fourth-order valence-corrected chi connectivity index (χ4v) is 2.79. The van der Waals surface area contributed by atoms with Gasteiger partial charge in [-0.1, -0.05) is 43.6 Å². The Morgan fingerprint density at radius 3 is 2.83 bits per heavy atom. The van der Waals surface area contributed by atoms with E-state index >= 15 is 0 Å². The molecule has 0 bridgehead atoms. The molecule has 0 aliphatic rings. The molecular formula is C18H25ClN4S. The highest BCUT2D eigenvalue weighted by molar-refractivity contribution is 7.80. The third kappa shape index (κ3) is 6.13. The van der Waals surface area contributed by atoms with E-state index in [0.29, 0.717) is 12.5 Å². The Hall–Kier alpha value is -1.59. The number of nitrogens with one attached hydrogen (secondary N) is 1. The molecule has 1 aromatic heterocycles. The molecule has 0 aliphatic carbocycles. The largest absolute Gasteiger partial charge is 0.362 e. The molecule has 4 nitrogen and oxygen atoms in total. The van der Waals surface area contributed by atoms with E-state index in [2.05, 4.69) is 39.7 Å². The molecule has 1 N–H and O–H groups in total. The third-order valence-electron chi connectivity index (χ3n) is 3.67. The molecule has 0 aliphatic heterocycles. The number of imidazole rings is 1. The van der Waals surface area contributed by atoms with Crippen LogP contribution < -0.4 is 5.32 Å². The molecule has 0 amide bonds. The Bertz CT molecular complexity index is 628. The van der Waals surface area contributed by atoms with Crippen molar-refractivity contribution in [3.63, 3.8) is 0 Å². The van der Waals surface area contributed by atoms with Crippen molar-refractivity contribution in [3.8, 4) is 0 Å². The van der Waals surface area contributed by atoms with Crippen molar-refractivity contribution in [2.75, 3.05) is 13.1 Å². The molecule has 0 atom stereocenters. The molecule has 2 rings (SSSR count). The van der Waals surface area contributed by atoms with E-state index < -0.39 is 0 Å². The molecule has 6 heteroatoms. The zero-order chi connectivity index (χ0) is 17.4. The van der Waals surface area contributed by atoms with Gasteiger partial charge in [0.1, 0.15) is 0 Å². The van der Waals surface area contributed by atoms with E-state index in [1.807, 2.05) is 30.7 Å². The van der Waals surface area contributed by atoms with Gasteiger partial charge in [0, 0.05) is 43.6 Å². The number of thiocarbonyl (C=S) groups is 1. The summed E-state index contributed by atoms with van der Waals surface area (Å²) >= 11 is 11.9. The first-order chi connectivity index (χ1) is 11.6. The van der Waals surface area contributed by atoms with Crippen molar-refractivity contribution in [3.05, 3.63) is 53.6 Å². The van der Waals surface area contributed by atoms with Crippen LogP contribution in [0.15, 0.2) is 43.0 Å². The Morgan fingerprint density at radius 1 is 1.38 bits per heavy atom. The van der Waals surface area contributed by atoms with Gasteiger partial charge in [-0.15, -0.1) is 0 Å². The number of aryl methyl sites for hydroxylation is 1. The molecule has 0 saturated heterocycles. The molecule has 0 unspecified atom stereocenters. The summed E-state index contributed by atoms with van der Waals surface area (Å²) in [5.74, 6) is 0.552. The maximum absolute atomic E-state index is 6.31. The second-order valence-electron chi connectivity index (χ2n) is 6.25. The van der Waals surface area contributed by atoms with Gasteiger partial charge in [0.2, 0.25) is 0 Å². The monoisotopic (exact) mass is 364 g/mol. The summed E-state index contributed by atoms with van der Waals surface area (Å²) in [7, 11) is 0. The van der Waals surface area contributed by atoms with Crippen LogP contribution in [0.2, 0.25) is 5.02 Å². The minimum Gasteiger partial charge on any atom is -0.362 e. The van der Waals surface area contributed by atoms with E-state index in [0.717, 1.165) is 41.8 Å². The van der Waals surface area contributed by atoms with Gasteiger partial charge in [0.25, 0.3) is 0 Å². The lowest BCUT2D eigenvalue weighted by molar-refractivity contribution is 0.382. The summed E-state index contributed by atoms with van der Waals surface area (Å²) in [6.45, 7) is 7.73. The zero-order valence-corrected chi connectivity index (χ0v) is 15.9. The quantitative estimate of drug-likeness (QED) is 0.719. The summed E-state index contributed by atoms with van der Waals surface area (Å²) in [5, 5.41) is 4.93. The molecule has 2 aromatic rings. The predicted molar refractivity (Wildman–Crippen MR) is 104 cm³/mol. The highest BCUT2D eigenvalue weighted by Crippen LogP contribution is 2.17. The topological polar surface area (TPSA) is 33.1 Å². The fraction of sp³-hybridized carbons (Fsp3) is 0.444. The van der Waals surface area contributed by atoms with Crippen molar-refractivity contribution in [1.82, 2.24) is 19.8 Å². The van der Waals surface area contributed by atoms with Crippen molar-refractivity contribution in [1.29, 1.82) is 0 Å². The molecular weight excluding hydrogens is 340 g/mol. The minimum absolute atomic E-state index is 0.552. The van der Waals surface area contributed by atoms with Crippen LogP contribution in [0.4, 0.5) is 0 Å². The summed E-state index contributed by atoms with van der Waals surface area (Å²) in [5.41, 5.74) is 1.09. The highest BCUT2D eigenvalue weighted by Gasteiger charge is 2.12. The van der Waals surface area contributed by atoms with Gasteiger partial charge in [-0.05, 0) is 36.2 Å². The number of hydrogen-bond donors (Lipinski definition) is 1. The Labute approximate surface area is 154 Å². The molecule has 1 aromatic carbocycles. The lowest BCUT2D eigenvalue weighted by Crippen LogP contribution is -2.41. The molecule has 0 fully saturated rings. The van der Waals surface area contributed by atoms with Gasteiger partial charge >= 0.3 is 0 Å². The van der Waals surface area contributed by atoms with Gasteiger partial charge in [0.05, 0.1) is 6.33 Å². The second kappa shape index (κ2) is 9.64. The number of nitrogens with zero attached hydrogens (tertiary/aromatic N) is 3. The van der Waals surface area contributed by atoms with E-state index in [4.69, 9.17) is 23.8 Å². The summed E-state index contributed by atoms with van der Waals surface area (Å²) < 4.78 is 2.08. The van der Waals surface area contributed by atoms with Crippen LogP contribution in [0.5, 0.6) is 0 Å². The van der Waals surface area contributed by atoms with Crippen molar-refractivity contribution in [2.24, 2.45) is 5.92 Å². The number of benzene rings is 1. The summed E-state index contributed by atoms with van der Waals surface area (Å²) in [4.78, 5) is 6.27. The Balaban J connectivity index is 1.97. The van der Waals surface area contributed by atoms with Crippen molar-refractivity contribution >= 4 is 28.9 Å². The number of halogens is 1. The Morgan fingerprint density at radius 2 is 2.17 bits per heavy atom. The van der Waals surface area contributed by atoms with E-state index in [-0.39, 0.29) is 0 Å². The normalized spacial score (nSPS) is 10.8. The first kappa shape index (κ1) is 18.7. The SMILES string of the molecule is CC(C)CNC(=S)N(CCCn1ccnc1)Cc1ccccc1Cl. The average molecular weight is 365 g/mol. The first-order valence-electron chi connectivity index (χ1n) is 8.28. The maximum atomic E-state index is 6.31. The lowest BCUT2D eigenvalue weighted by atomic mass is 10.2. The maximum Gasteiger partial charge on any atom is 0.169 e. The van der Waals surface area contributed by atoms with Crippen molar-refractivity contribution in [2.45, 2.75) is 33.4 Å². The summed E-state index contributed by atoms with van der Waals surface area (Å²) in [6.07, 6.45) is 6.61. The van der Waals surface area contributed by atoms with Crippen molar-refractivity contribution < 1.29 is 0 Å². The number of hydrogen-bond acceptors (Lipinski definition) is 2. The van der Waals surface area contributed by atoms with Gasteiger partial charge < -0.3 is 14.8 Å². The molecule has 24 heavy (non-hydrogen) atoms. The summed E-state index contributed by atoms with van der Waals surface area (Å²) in [6, 6.07) is 7.93. The van der Waals surface area contributed by atoms with Gasteiger partial charge in [-0.3, -0.25) is 0 Å². The zero-order valence-electron chi connectivity index (χ0n) is 14.3. The van der Waals surface area contributed by atoms with Gasteiger partial charge in [-0.2, -0.15) is 0 Å². The Kier molecular flexibility index (Phi) is 7.53. The molecule has 130 valence electrons. The van der Waals surface area contributed by atoms with E-state index in [1.54, 1.807) is 6.20 Å². The molecule has 1 heterocycles. The van der Waals surface area contributed by atoms with Crippen LogP contribution in [-0.4, -0.2) is 32.7 Å². The van der Waals surface area contributed by atoms with Crippen LogP contribution in [0, 0.1) is 5.92 Å². The number of rotatable bonds is 8. The first-order valence-corrected chi connectivity index (χ1v) is 9.07. The molecule has 0 radical (unpaired) electrons. The minimum atomic E-state index is 0.552. The molecule has 0 spiro atoms. The third-order valence-corrected chi connectivity index (χ3v) is 4.44. The van der Waals surface area contributed by atoms with E-state index in [1.165, 1.54) is 0 Å². The van der Waals surface area contributed by atoms with Crippen LogP contribution in [0.3, 0.4) is 0 Å². The second-order valence-corrected chi connectivity index (χ2v) is 7.04. The van der Waals surface area contributed by atoms with Gasteiger partial charge in [-0.25, -0.2) is 4.98 Å². The highest BCUT2D eigenvalue weighted by atomic mass is 35.5. The smallest absolute Gasteiger partial charge is 0.169 e. The lowest BCUT2D eigenvalue weighted by Gasteiger charge is -2.27. The fourth-order valence-electron chi connectivity index (χ4n) is 2.35. The van der Waals surface area contributed by atoms with Crippen LogP contribution in [-0.2, 0) is 13.1 Å². The standard InChI is InChI=1S/C18H25ClN4S/c1-15(2)12-21-18(24)23(10-5-9-22-11-8-20-14-22)13-16-6-3-4-7-17(16)19/h3-4,6-8,11,14-15H,5,9-10,12-13H2,1-2H3,(H,21,24). The average Bonchev–Trinajstić information content (AvgIpc) is 3.07. The van der Waals surface area contributed by atoms with Crippen LogP contribution in [0.1, 0.15) is 25.8 Å². The number of aromatic nitrogens is 2.